The largest absolute Gasteiger partial charge is 0.489 e. The molecule has 18 heavy (non-hydrogen) atoms. The van der Waals surface area contributed by atoms with Gasteiger partial charge in [0, 0.05) is 12.0 Å². The van der Waals surface area contributed by atoms with E-state index in [1.165, 1.54) is 0 Å². The van der Waals surface area contributed by atoms with Gasteiger partial charge in [-0.05, 0) is 23.6 Å². The van der Waals surface area contributed by atoms with Crippen LogP contribution in [0.15, 0.2) is 18.2 Å². The van der Waals surface area contributed by atoms with E-state index < -0.39 is 0 Å². The van der Waals surface area contributed by atoms with Crippen LogP contribution in [0.5, 0.6) is 11.5 Å². The Hall–Kier alpha value is -1.22. The molecule has 1 aliphatic rings. The summed E-state index contributed by atoms with van der Waals surface area (Å²) < 4.78 is 11.5. The molecule has 0 fully saturated rings. The summed E-state index contributed by atoms with van der Waals surface area (Å²) in [4.78, 5) is 0. The van der Waals surface area contributed by atoms with Crippen molar-refractivity contribution in [3.63, 3.8) is 0 Å². The van der Waals surface area contributed by atoms with Crippen molar-refractivity contribution in [2.75, 3.05) is 13.2 Å². The van der Waals surface area contributed by atoms with Gasteiger partial charge < -0.3 is 15.2 Å². The van der Waals surface area contributed by atoms with Crippen LogP contribution in [0, 0.1) is 11.8 Å². The summed E-state index contributed by atoms with van der Waals surface area (Å²) in [6, 6.07) is 6.12. The van der Waals surface area contributed by atoms with Gasteiger partial charge in [0.25, 0.3) is 0 Å². The molecule has 1 aromatic rings. The first-order valence-corrected chi connectivity index (χ1v) is 6.77. The molecule has 0 bridgehead atoms. The van der Waals surface area contributed by atoms with Crippen molar-refractivity contribution in [3.8, 4) is 11.5 Å². The second kappa shape index (κ2) is 5.61. The van der Waals surface area contributed by atoms with Gasteiger partial charge in [-0.25, -0.2) is 0 Å². The van der Waals surface area contributed by atoms with Crippen molar-refractivity contribution in [2.45, 2.75) is 33.2 Å². The third kappa shape index (κ3) is 2.78. The van der Waals surface area contributed by atoms with E-state index in [9.17, 15) is 0 Å². The average molecular weight is 249 g/mol. The number of fused-ring (bicyclic) bond motifs is 1. The minimum absolute atomic E-state index is 0.0598. The number of ether oxygens (including phenoxy) is 2. The van der Waals surface area contributed by atoms with E-state index in [2.05, 4.69) is 26.8 Å². The van der Waals surface area contributed by atoms with Crippen LogP contribution in [0.25, 0.3) is 0 Å². The molecule has 0 aromatic heterocycles. The quantitative estimate of drug-likeness (QED) is 0.895. The Balaban J connectivity index is 2.21. The topological polar surface area (TPSA) is 44.5 Å². The standard InChI is InChI=1S/C15H23NO2/c1-4-11(3)15(16)12-5-6-13-14(7-12)18-9-10(2)8-17-13/h5-7,10-11,15H,4,8-9,16H2,1-3H3. The summed E-state index contributed by atoms with van der Waals surface area (Å²) in [5.74, 6) is 2.55. The van der Waals surface area contributed by atoms with Gasteiger partial charge in [-0.3, -0.25) is 0 Å². The van der Waals surface area contributed by atoms with Crippen molar-refractivity contribution < 1.29 is 9.47 Å². The Morgan fingerprint density at radius 3 is 2.61 bits per heavy atom. The van der Waals surface area contributed by atoms with E-state index in [4.69, 9.17) is 15.2 Å². The molecule has 2 rings (SSSR count). The highest BCUT2D eigenvalue weighted by atomic mass is 16.5. The summed E-state index contributed by atoms with van der Waals surface area (Å²) in [6.45, 7) is 7.88. The van der Waals surface area contributed by atoms with Gasteiger partial charge in [-0.1, -0.05) is 33.3 Å². The van der Waals surface area contributed by atoms with Gasteiger partial charge in [0.1, 0.15) is 0 Å². The molecule has 0 aliphatic carbocycles. The van der Waals surface area contributed by atoms with Crippen LogP contribution in [0.4, 0.5) is 0 Å². The second-order valence-electron chi connectivity index (χ2n) is 5.34. The predicted octanol–water partition coefficient (Wildman–Crippen LogP) is 3.14. The molecule has 3 heteroatoms. The van der Waals surface area contributed by atoms with Crippen molar-refractivity contribution in [3.05, 3.63) is 23.8 Å². The normalized spacial score (nSPS) is 22.1. The first kappa shape index (κ1) is 13.2. The van der Waals surface area contributed by atoms with Gasteiger partial charge >= 0.3 is 0 Å². The monoisotopic (exact) mass is 249 g/mol. The SMILES string of the molecule is CCC(C)C(N)c1ccc2c(c1)OCC(C)CO2. The van der Waals surface area contributed by atoms with E-state index in [1.54, 1.807) is 0 Å². The van der Waals surface area contributed by atoms with Crippen LogP contribution >= 0.6 is 0 Å². The maximum Gasteiger partial charge on any atom is 0.161 e. The molecule has 3 atom stereocenters. The van der Waals surface area contributed by atoms with Gasteiger partial charge in [-0.2, -0.15) is 0 Å². The first-order valence-electron chi connectivity index (χ1n) is 6.77. The zero-order valence-corrected chi connectivity index (χ0v) is 11.5. The highest BCUT2D eigenvalue weighted by molar-refractivity contribution is 5.44. The lowest BCUT2D eigenvalue weighted by Gasteiger charge is -2.20. The van der Waals surface area contributed by atoms with Crippen molar-refractivity contribution in [2.24, 2.45) is 17.6 Å². The van der Waals surface area contributed by atoms with E-state index >= 15 is 0 Å². The Bertz CT molecular complexity index is 405. The van der Waals surface area contributed by atoms with Gasteiger partial charge in [0.05, 0.1) is 13.2 Å². The Labute approximate surface area is 109 Å². The number of hydrogen-bond donors (Lipinski definition) is 1. The maximum atomic E-state index is 6.25. The third-order valence-electron chi connectivity index (χ3n) is 3.66. The third-order valence-corrected chi connectivity index (χ3v) is 3.66. The number of nitrogens with two attached hydrogens (primary N) is 1. The van der Waals surface area contributed by atoms with E-state index in [0.29, 0.717) is 25.0 Å². The number of rotatable bonds is 3. The second-order valence-corrected chi connectivity index (χ2v) is 5.34. The molecule has 0 saturated heterocycles. The Morgan fingerprint density at radius 1 is 1.28 bits per heavy atom. The molecule has 0 spiro atoms. The summed E-state index contributed by atoms with van der Waals surface area (Å²) in [5, 5.41) is 0. The molecule has 1 heterocycles. The fraction of sp³-hybridized carbons (Fsp3) is 0.600. The van der Waals surface area contributed by atoms with Crippen LogP contribution in [-0.2, 0) is 0 Å². The van der Waals surface area contributed by atoms with Gasteiger partial charge in [-0.15, -0.1) is 0 Å². The zero-order chi connectivity index (χ0) is 13.1. The highest BCUT2D eigenvalue weighted by Gasteiger charge is 2.18. The first-order chi connectivity index (χ1) is 8.61. The summed E-state index contributed by atoms with van der Waals surface area (Å²) in [6.07, 6.45) is 1.08. The Kier molecular flexibility index (Phi) is 4.12. The van der Waals surface area contributed by atoms with E-state index in [1.807, 2.05) is 12.1 Å². The highest BCUT2D eigenvalue weighted by Crippen LogP contribution is 2.34. The molecule has 1 aromatic carbocycles. The number of hydrogen-bond acceptors (Lipinski definition) is 3. The van der Waals surface area contributed by atoms with Crippen LogP contribution < -0.4 is 15.2 Å². The van der Waals surface area contributed by atoms with Crippen LogP contribution in [0.1, 0.15) is 38.8 Å². The molecule has 0 amide bonds. The summed E-state index contributed by atoms with van der Waals surface area (Å²) >= 11 is 0. The van der Waals surface area contributed by atoms with Crippen molar-refractivity contribution >= 4 is 0 Å². The predicted molar refractivity (Wildman–Crippen MR) is 73.0 cm³/mol. The molecular formula is C15H23NO2. The fourth-order valence-electron chi connectivity index (χ4n) is 2.06. The molecule has 0 radical (unpaired) electrons. The minimum atomic E-state index is 0.0598. The van der Waals surface area contributed by atoms with Crippen LogP contribution in [0.2, 0.25) is 0 Å². The molecule has 2 N–H and O–H groups in total. The average Bonchev–Trinajstić information content (AvgIpc) is 2.59. The molecule has 3 unspecified atom stereocenters. The summed E-state index contributed by atoms with van der Waals surface area (Å²) in [7, 11) is 0. The van der Waals surface area contributed by atoms with Crippen molar-refractivity contribution in [1.29, 1.82) is 0 Å². The van der Waals surface area contributed by atoms with Gasteiger partial charge in [0.15, 0.2) is 11.5 Å². The van der Waals surface area contributed by atoms with Crippen molar-refractivity contribution in [1.82, 2.24) is 0 Å². The molecule has 3 nitrogen and oxygen atoms in total. The molecule has 100 valence electrons. The van der Waals surface area contributed by atoms with E-state index in [-0.39, 0.29) is 6.04 Å². The lowest BCUT2D eigenvalue weighted by molar-refractivity contribution is 0.228. The molecular weight excluding hydrogens is 226 g/mol. The van der Waals surface area contributed by atoms with Gasteiger partial charge in [0.2, 0.25) is 0 Å². The molecule has 0 saturated carbocycles. The Morgan fingerprint density at radius 2 is 1.94 bits per heavy atom. The lowest BCUT2D eigenvalue weighted by Crippen LogP contribution is -2.18. The number of benzene rings is 1. The minimum Gasteiger partial charge on any atom is -0.489 e. The lowest BCUT2D eigenvalue weighted by atomic mass is 9.93. The fourth-order valence-corrected chi connectivity index (χ4v) is 2.06. The van der Waals surface area contributed by atoms with Crippen LogP contribution in [0.3, 0.4) is 0 Å². The zero-order valence-electron chi connectivity index (χ0n) is 11.5. The van der Waals surface area contributed by atoms with Crippen LogP contribution in [-0.4, -0.2) is 13.2 Å². The smallest absolute Gasteiger partial charge is 0.161 e. The summed E-state index contributed by atoms with van der Waals surface area (Å²) in [5.41, 5.74) is 7.38. The maximum absolute atomic E-state index is 6.25. The molecule has 1 aliphatic heterocycles. The van der Waals surface area contributed by atoms with E-state index in [0.717, 1.165) is 23.5 Å².